The van der Waals surface area contributed by atoms with E-state index < -0.39 is 0 Å². The molecule has 0 spiro atoms. The number of nitrogens with zero attached hydrogens (tertiary/aromatic N) is 1. The lowest BCUT2D eigenvalue weighted by Crippen LogP contribution is -2.33. The van der Waals surface area contributed by atoms with Gasteiger partial charge in [0.1, 0.15) is 12.6 Å². The number of methoxy groups -OCH3 is 2. The molecule has 1 atom stereocenters. The first-order chi connectivity index (χ1) is 8.76. The van der Waals surface area contributed by atoms with Gasteiger partial charge in [-0.25, -0.2) is 0 Å². The second kappa shape index (κ2) is 7.41. The summed E-state index contributed by atoms with van der Waals surface area (Å²) in [6.45, 7) is 2.89. The molecule has 1 aromatic carbocycles. The lowest BCUT2D eigenvalue weighted by molar-refractivity contribution is 0.258. The molecule has 0 bridgehead atoms. The third-order valence-electron chi connectivity index (χ3n) is 2.38. The summed E-state index contributed by atoms with van der Waals surface area (Å²) in [5.74, 6) is 1.69. The Morgan fingerprint density at radius 1 is 1.28 bits per heavy atom. The molecule has 0 fully saturated rings. The van der Waals surface area contributed by atoms with E-state index in [-0.39, 0.29) is 12.6 Å². The zero-order valence-corrected chi connectivity index (χ0v) is 10.9. The van der Waals surface area contributed by atoms with Gasteiger partial charge in [0.25, 0.3) is 0 Å². The van der Waals surface area contributed by atoms with Gasteiger partial charge < -0.3 is 14.2 Å². The van der Waals surface area contributed by atoms with Gasteiger partial charge in [-0.2, -0.15) is 5.26 Å². The summed E-state index contributed by atoms with van der Waals surface area (Å²) in [4.78, 5) is 0. The zero-order chi connectivity index (χ0) is 13.4. The smallest absolute Gasteiger partial charge is 0.203 e. The van der Waals surface area contributed by atoms with E-state index in [2.05, 4.69) is 11.4 Å². The van der Waals surface area contributed by atoms with E-state index in [1.54, 1.807) is 26.4 Å². The minimum atomic E-state index is -0.357. The van der Waals surface area contributed by atoms with E-state index in [9.17, 15) is 0 Å². The van der Waals surface area contributed by atoms with E-state index in [1.165, 1.54) is 0 Å². The van der Waals surface area contributed by atoms with Crippen LogP contribution in [0.2, 0.25) is 0 Å². The lowest BCUT2D eigenvalue weighted by atomic mass is 10.3. The zero-order valence-electron chi connectivity index (χ0n) is 10.9. The maximum absolute atomic E-state index is 8.93. The highest BCUT2D eigenvalue weighted by Gasteiger charge is 2.14. The van der Waals surface area contributed by atoms with Crippen LogP contribution in [0.25, 0.3) is 0 Å². The van der Waals surface area contributed by atoms with Crippen molar-refractivity contribution < 1.29 is 14.2 Å². The topological polar surface area (TPSA) is 63.5 Å². The fraction of sp³-hybridized carbons (Fsp3) is 0.462. The molecule has 18 heavy (non-hydrogen) atoms. The number of hydrogen-bond donors (Lipinski definition) is 1. The van der Waals surface area contributed by atoms with Crippen LogP contribution in [0, 0.1) is 11.3 Å². The standard InChI is InChI=1S/C13H18N2O3/c1-4-15-10(8-14)9-18-13-11(16-2)6-5-7-12(13)17-3/h5-7,10,15H,4,9H2,1-3H3. The van der Waals surface area contributed by atoms with E-state index >= 15 is 0 Å². The predicted octanol–water partition coefficient (Wildman–Crippen LogP) is 1.58. The van der Waals surface area contributed by atoms with Crippen LogP contribution in [0.3, 0.4) is 0 Å². The highest BCUT2D eigenvalue weighted by Crippen LogP contribution is 2.36. The van der Waals surface area contributed by atoms with Crippen molar-refractivity contribution in [3.63, 3.8) is 0 Å². The molecular weight excluding hydrogens is 232 g/mol. The fourth-order valence-electron chi connectivity index (χ4n) is 1.51. The fourth-order valence-corrected chi connectivity index (χ4v) is 1.51. The van der Waals surface area contributed by atoms with Crippen LogP contribution in [-0.2, 0) is 0 Å². The summed E-state index contributed by atoms with van der Waals surface area (Å²) in [6, 6.07) is 7.16. The molecule has 1 N–H and O–H groups in total. The van der Waals surface area contributed by atoms with E-state index in [4.69, 9.17) is 19.5 Å². The Balaban J connectivity index is 2.79. The minimum Gasteiger partial charge on any atom is -0.493 e. The predicted molar refractivity (Wildman–Crippen MR) is 68.1 cm³/mol. The monoisotopic (exact) mass is 250 g/mol. The molecule has 0 aromatic heterocycles. The quantitative estimate of drug-likeness (QED) is 0.796. The Morgan fingerprint density at radius 2 is 1.89 bits per heavy atom. The van der Waals surface area contributed by atoms with Crippen molar-refractivity contribution in [2.24, 2.45) is 0 Å². The number of nitriles is 1. The molecule has 0 amide bonds. The highest BCUT2D eigenvalue weighted by molar-refractivity contribution is 5.51. The van der Waals surface area contributed by atoms with Gasteiger partial charge in [0, 0.05) is 0 Å². The molecule has 0 aliphatic carbocycles. The number of nitrogens with one attached hydrogen (secondary N) is 1. The lowest BCUT2D eigenvalue weighted by Gasteiger charge is -2.16. The van der Waals surface area contributed by atoms with Crippen LogP contribution < -0.4 is 19.5 Å². The SMILES string of the molecule is CCNC(C#N)COc1c(OC)cccc1OC. The van der Waals surface area contributed by atoms with Crippen molar-refractivity contribution in [3.05, 3.63) is 18.2 Å². The summed E-state index contributed by atoms with van der Waals surface area (Å²) in [6.07, 6.45) is 0. The van der Waals surface area contributed by atoms with Gasteiger partial charge in [-0.15, -0.1) is 0 Å². The highest BCUT2D eigenvalue weighted by atomic mass is 16.5. The third kappa shape index (κ3) is 3.54. The van der Waals surface area contributed by atoms with E-state index in [0.717, 1.165) is 0 Å². The molecule has 0 aliphatic heterocycles. The molecule has 5 nitrogen and oxygen atoms in total. The van der Waals surface area contributed by atoms with Crippen LogP contribution in [-0.4, -0.2) is 33.4 Å². The summed E-state index contributed by atoms with van der Waals surface area (Å²) in [7, 11) is 3.13. The van der Waals surface area contributed by atoms with Crippen molar-refractivity contribution in [3.8, 4) is 23.3 Å². The van der Waals surface area contributed by atoms with Gasteiger partial charge in [0.05, 0.1) is 20.3 Å². The van der Waals surface area contributed by atoms with Crippen LogP contribution in [0.5, 0.6) is 17.2 Å². The van der Waals surface area contributed by atoms with Crippen LogP contribution >= 0.6 is 0 Å². The normalized spacial score (nSPS) is 11.4. The van der Waals surface area contributed by atoms with Crippen molar-refractivity contribution in [1.82, 2.24) is 5.32 Å². The van der Waals surface area contributed by atoms with E-state index in [0.29, 0.717) is 23.8 Å². The molecule has 98 valence electrons. The molecule has 0 aliphatic rings. The van der Waals surface area contributed by atoms with Crippen LogP contribution in [0.15, 0.2) is 18.2 Å². The first kappa shape index (κ1) is 14.1. The van der Waals surface area contributed by atoms with E-state index in [1.807, 2.05) is 13.0 Å². The molecule has 1 rings (SSSR count). The number of ether oxygens (including phenoxy) is 3. The number of para-hydroxylation sites is 1. The Kier molecular flexibility index (Phi) is 5.81. The molecule has 0 saturated heterocycles. The van der Waals surface area contributed by atoms with Crippen LogP contribution in [0.4, 0.5) is 0 Å². The molecule has 0 saturated carbocycles. The van der Waals surface area contributed by atoms with Gasteiger partial charge in [-0.05, 0) is 18.7 Å². The first-order valence-corrected chi connectivity index (χ1v) is 5.73. The van der Waals surface area contributed by atoms with Gasteiger partial charge in [-0.1, -0.05) is 13.0 Å². The van der Waals surface area contributed by atoms with Crippen molar-refractivity contribution in [2.75, 3.05) is 27.4 Å². The van der Waals surface area contributed by atoms with Gasteiger partial charge >= 0.3 is 0 Å². The number of benzene rings is 1. The molecule has 1 aromatic rings. The van der Waals surface area contributed by atoms with Crippen LogP contribution in [0.1, 0.15) is 6.92 Å². The number of likely N-dealkylation sites (N-methyl/N-ethyl adjacent to an activating group) is 1. The number of rotatable bonds is 7. The first-order valence-electron chi connectivity index (χ1n) is 5.73. The maximum atomic E-state index is 8.93. The molecular formula is C13H18N2O3. The second-order valence-electron chi connectivity index (χ2n) is 3.54. The summed E-state index contributed by atoms with van der Waals surface area (Å²) in [5.41, 5.74) is 0. The molecule has 1 unspecified atom stereocenters. The Labute approximate surface area is 107 Å². The molecule has 0 radical (unpaired) electrons. The Hall–Kier alpha value is -1.93. The van der Waals surface area contributed by atoms with Crippen molar-refractivity contribution in [1.29, 1.82) is 5.26 Å². The Morgan fingerprint density at radius 3 is 2.33 bits per heavy atom. The third-order valence-corrected chi connectivity index (χ3v) is 2.38. The maximum Gasteiger partial charge on any atom is 0.203 e. The Bertz CT molecular complexity index is 393. The minimum absolute atomic E-state index is 0.237. The van der Waals surface area contributed by atoms with Gasteiger partial charge in [-0.3, -0.25) is 5.32 Å². The average Bonchev–Trinajstić information content (AvgIpc) is 2.42. The average molecular weight is 250 g/mol. The summed E-state index contributed by atoms with van der Waals surface area (Å²) in [5, 5.41) is 11.9. The van der Waals surface area contributed by atoms with Gasteiger partial charge in [0.15, 0.2) is 11.5 Å². The van der Waals surface area contributed by atoms with Gasteiger partial charge in [0.2, 0.25) is 5.75 Å². The molecule has 0 heterocycles. The summed E-state index contributed by atoms with van der Waals surface area (Å²) >= 11 is 0. The molecule has 5 heteroatoms. The van der Waals surface area contributed by atoms with Crippen molar-refractivity contribution >= 4 is 0 Å². The number of hydrogen-bond acceptors (Lipinski definition) is 5. The van der Waals surface area contributed by atoms with Crippen molar-refractivity contribution in [2.45, 2.75) is 13.0 Å². The summed E-state index contributed by atoms with van der Waals surface area (Å²) < 4.78 is 16.0. The largest absolute Gasteiger partial charge is 0.493 e. The second-order valence-corrected chi connectivity index (χ2v) is 3.54.